The maximum atomic E-state index is 13.0. The monoisotopic (exact) mass is 221 g/mol. The van der Waals surface area contributed by atoms with Crippen LogP contribution in [0.3, 0.4) is 0 Å². The van der Waals surface area contributed by atoms with Crippen LogP contribution < -0.4 is 0 Å². The van der Waals surface area contributed by atoms with Gasteiger partial charge in [0.15, 0.2) is 0 Å². The second kappa shape index (κ2) is 4.45. The molecule has 0 saturated carbocycles. The van der Waals surface area contributed by atoms with Crippen LogP contribution >= 0.6 is 0 Å². The first-order valence-electron chi connectivity index (χ1n) is 5.03. The van der Waals surface area contributed by atoms with Crippen molar-refractivity contribution in [3.63, 3.8) is 0 Å². The Hall–Kier alpha value is -1.68. The Morgan fingerprint density at radius 2 is 2.31 bits per heavy atom. The average Bonchev–Trinajstić information content (AvgIpc) is 2.77. The van der Waals surface area contributed by atoms with Crippen molar-refractivity contribution < 1.29 is 13.9 Å². The van der Waals surface area contributed by atoms with Crippen molar-refractivity contribution in [1.82, 2.24) is 4.98 Å². The highest BCUT2D eigenvalue weighted by molar-refractivity contribution is 5.52. The topological polar surface area (TPSA) is 46.3 Å². The molecule has 0 bridgehead atoms. The van der Waals surface area contributed by atoms with Gasteiger partial charge in [-0.3, -0.25) is 0 Å². The fraction of sp³-hybridized carbons (Fsp3) is 0.250. The first-order chi connectivity index (χ1) is 7.70. The maximum absolute atomic E-state index is 13.0. The standard InChI is InChI=1S/C12H12FNO2/c1-8(7-15)11-6-14-12(16-11)9-3-2-4-10(13)5-9/h2-6,8,15H,7H2,1H3. The van der Waals surface area contributed by atoms with Crippen LogP contribution in [0.2, 0.25) is 0 Å². The molecule has 4 heteroatoms. The van der Waals surface area contributed by atoms with E-state index in [4.69, 9.17) is 9.52 Å². The summed E-state index contributed by atoms with van der Waals surface area (Å²) in [4.78, 5) is 4.05. The zero-order chi connectivity index (χ0) is 11.5. The van der Waals surface area contributed by atoms with Crippen LogP contribution in [0, 0.1) is 5.82 Å². The molecule has 1 N–H and O–H groups in total. The van der Waals surface area contributed by atoms with Gasteiger partial charge in [-0.2, -0.15) is 0 Å². The van der Waals surface area contributed by atoms with Gasteiger partial charge in [-0.15, -0.1) is 0 Å². The molecule has 2 rings (SSSR count). The Balaban J connectivity index is 2.31. The molecule has 0 saturated heterocycles. The Labute approximate surface area is 92.6 Å². The van der Waals surface area contributed by atoms with Crippen molar-refractivity contribution in [2.75, 3.05) is 6.61 Å². The molecule has 16 heavy (non-hydrogen) atoms. The molecule has 1 aromatic heterocycles. The molecule has 0 spiro atoms. The third-order valence-corrected chi connectivity index (χ3v) is 2.35. The van der Waals surface area contributed by atoms with Crippen molar-refractivity contribution in [3.05, 3.63) is 42.0 Å². The van der Waals surface area contributed by atoms with Crippen molar-refractivity contribution in [1.29, 1.82) is 0 Å². The SMILES string of the molecule is CC(CO)c1cnc(-c2cccc(F)c2)o1. The minimum absolute atomic E-state index is 0.00220. The van der Waals surface area contributed by atoms with Gasteiger partial charge >= 0.3 is 0 Å². The summed E-state index contributed by atoms with van der Waals surface area (Å²) in [5.74, 6) is 0.541. The second-order valence-corrected chi connectivity index (χ2v) is 3.66. The highest BCUT2D eigenvalue weighted by Gasteiger charge is 2.12. The first kappa shape index (κ1) is 10.8. The molecule has 0 aliphatic carbocycles. The van der Waals surface area contributed by atoms with Gasteiger partial charge in [0.2, 0.25) is 5.89 Å². The molecule has 1 unspecified atom stereocenters. The normalized spacial score (nSPS) is 12.7. The summed E-state index contributed by atoms with van der Waals surface area (Å²) in [6, 6.07) is 6.05. The molecular formula is C12H12FNO2. The van der Waals surface area contributed by atoms with E-state index < -0.39 is 0 Å². The lowest BCUT2D eigenvalue weighted by molar-refractivity contribution is 0.258. The van der Waals surface area contributed by atoms with Crippen LogP contribution in [-0.4, -0.2) is 16.7 Å². The fourth-order valence-corrected chi connectivity index (χ4v) is 1.36. The molecule has 2 aromatic rings. The first-order valence-corrected chi connectivity index (χ1v) is 5.03. The minimum Gasteiger partial charge on any atom is -0.441 e. The van der Waals surface area contributed by atoms with Gasteiger partial charge in [0, 0.05) is 11.5 Å². The Bertz CT molecular complexity index is 481. The van der Waals surface area contributed by atoms with Gasteiger partial charge < -0.3 is 9.52 Å². The highest BCUT2D eigenvalue weighted by atomic mass is 19.1. The molecule has 0 fully saturated rings. The fourth-order valence-electron chi connectivity index (χ4n) is 1.36. The molecule has 1 aromatic carbocycles. The quantitative estimate of drug-likeness (QED) is 0.866. The average molecular weight is 221 g/mol. The van der Waals surface area contributed by atoms with Crippen molar-refractivity contribution in [3.8, 4) is 11.5 Å². The lowest BCUT2D eigenvalue weighted by atomic mass is 10.1. The molecule has 0 aliphatic heterocycles. The van der Waals surface area contributed by atoms with E-state index in [-0.39, 0.29) is 18.3 Å². The zero-order valence-corrected chi connectivity index (χ0v) is 8.85. The molecule has 1 heterocycles. The van der Waals surface area contributed by atoms with Gasteiger partial charge in [0.05, 0.1) is 12.8 Å². The number of hydrogen-bond acceptors (Lipinski definition) is 3. The van der Waals surface area contributed by atoms with Crippen molar-refractivity contribution >= 4 is 0 Å². The minimum atomic E-state index is -0.326. The third-order valence-electron chi connectivity index (χ3n) is 2.35. The van der Waals surface area contributed by atoms with Crippen LogP contribution in [-0.2, 0) is 0 Å². The van der Waals surface area contributed by atoms with Gasteiger partial charge in [-0.1, -0.05) is 13.0 Å². The summed E-state index contributed by atoms with van der Waals surface area (Å²) in [6.07, 6.45) is 1.56. The van der Waals surface area contributed by atoms with Gasteiger partial charge in [-0.25, -0.2) is 9.37 Å². The number of aliphatic hydroxyl groups is 1. The predicted octanol–water partition coefficient (Wildman–Crippen LogP) is 2.58. The van der Waals surface area contributed by atoms with E-state index in [9.17, 15) is 4.39 Å². The van der Waals surface area contributed by atoms with E-state index >= 15 is 0 Å². The number of benzene rings is 1. The largest absolute Gasteiger partial charge is 0.441 e. The number of nitrogens with zero attached hydrogens (tertiary/aromatic N) is 1. The van der Waals surface area contributed by atoms with E-state index in [0.717, 1.165) is 0 Å². The Morgan fingerprint density at radius 1 is 1.50 bits per heavy atom. The molecule has 1 atom stereocenters. The molecule has 0 amide bonds. The summed E-state index contributed by atoms with van der Waals surface area (Å²) in [6.45, 7) is 1.83. The number of oxazole rings is 1. The highest BCUT2D eigenvalue weighted by Crippen LogP contribution is 2.23. The summed E-state index contributed by atoms with van der Waals surface area (Å²) in [5.41, 5.74) is 0.594. The van der Waals surface area contributed by atoms with E-state index in [1.165, 1.54) is 12.1 Å². The smallest absolute Gasteiger partial charge is 0.226 e. The number of halogens is 1. The lowest BCUT2D eigenvalue weighted by Gasteiger charge is -2.01. The van der Waals surface area contributed by atoms with Gasteiger partial charge in [-0.05, 0) is 18.2 Å². The van der Waals surface area contributed by atoms with Gasteiger partial charge in [0.1, 0.15) is 11.6 Å². The Kier molecular flexibility index (Phi) is 3.01. The van der Waals surface area contributed by atoms with E-state index in [1.807, 2.05) is 6.92 Å². The molecule has 0 aliphatic rings. The maximum Gasteiger partial charge on any atom is 0.226 e. The van der Waals surface area contributed by atoms with Crippen LogP contribution in [0.25, 0.3) is 11.5 Å². The predicted molar refractivity (Wildman–Crippen MR) is 57.4 cm³/mol. The molecule has 3 nitrogen and oxygen atoms in total. The van der Waals surface area contributed by atoms with E-state index in [0.29, 0.717) is 17.2 Å². The number of rotatable bonds is 3. The summed E-state index contributed by atoms with van der Waals surface area (Å²) in [5, 5.41) is 8.96. The number of aliphatic hydroxyl groups excluding tert-OH is 1. The summed E-state index contributed by atoms with van der Waals surface area (Å²) >= 11 is 0. The molecule has 84 valence electrons. The second-order valence-electron chi connectivity index (χ2n) is 3.66. The zero-order valence-electron chi connectivity index (χ0n) is 8.85. The van der Waals surface area contributed by atoms with Crippen LogP contribution in [0.4, 0.5) is 4.39 Å². The van der Waals surface area contributed by atoms with Crippen LogP contribution in [0.5, 0.6) is 0 Å². The van der Waals surface area contributed by atoms with Crippen molar-refractivity contribution in [2.45, 2.75) is 12.8 Å². The van der Waals surface area contributed by atoms with Crippen LogP contribution in [0.15, 0.2) is 34.9 Å². The number of aromatic nitrogens is 1. The van der Waals surface area contributed by atoms with E-state index in [2.05, 4.69) is 4.98 Å². The van der Waals surface area contributed by atoms with Crippen molar-refractivity contribution in [2.24, 2.45) is 0 Å². The molecule has 0 radical (unpaired) electrons. The molecular weight excluding hydrogens is 209 g/mol. The summed E-state index contributed by atoms with van der Waals surface area (Å²) < 4.78 is 18.4. The van der Waals surface area contributed by atoms with Gasteiger partial charge in [0.25, 0.3) is 0 Å². The summed E-state index contributed by atoms with van der Waals surface area (Å²) in [7, 11) is 0. The Morgan fingerprint density at radius 3 is 3.00 bits per heavy atom. The van der Waals surface area contributed by atoms with E-state index in [1.54, 1.807) is 18.3 Å². The van der Waals surface area contributed by atoms with Crippen LogP contribution in [0.1, 0.15) is 18.6 Å². The number of hydrogen-bond donors (Lipinski definition) is 1. The third kappa shape index (κ3) is 2.12. The lowest BCUT2D eigenvalue weighted by Crippen LogP contribution is -1.96.